The lowest BCUT2D eigenvalue weighted by atomic mass is 10.1. The Morgan fingerprint density at radius 2 is 2.17 bits per heavy atom. The molecular weight excluding hydrogens is 292 g/mol. The summed E-state index contributed by atoms with van der Waals surface area (Å²) < 4.78 is 0. The van der Waals surface area contributed by atoms with Crippen molar-refractivity contribution in [3.63, 3.8) is 0 Å². The van der Waals surface area contributed by atoms with E-state index in [0.717, 1.165) is 43.9 Å². The van der Waals surface area contributed by atoms with Crippen LogP contribution in [0.25, 0.3) is 0 Å². The van der Waals surface area contributed by atoms with Gasteiger partial charge in [0.05, 0.1) is 11.8 Å². The van der Waals surface area contributed by atoms with E-state index in [1.54, 1.807) is 18.1 Å². The number of aromatic nitrogens is 1. The van der Waals surface area contributed by atoms with E-state index in [0.29, 0.717) is 6.54 Å². The molecule has 23 heavy (non-hydrogen) atoms. The molecule has 2 unspecified atom stereocenters. The van der Waals surface area contributed by atoms with E-state index in [9.17, 15) is 9.90 Å². The number of aliphatic hydroxyl groups excluding tert-OH is 1. The highest BCUT2D eigenvalue weighted by atomic mass is 16.3. The third-order valence-electron chi connectivity index (χ3n) is 4.91. The average Bonchev–Trinajstić information content (AvgIpc) is 3.20. The summed E-state index contributed by atoms with van der Waals surface area (Å²) in [5.41, 5.74) is 0.762. The monoisotopic (exact) mass is 318 g/mol. The maximum Gasteiger partial charge on any atom is 0.321 e. The van der Waals surface area contributed by atoms with Gasteiger partial charge in [-0.25, -0.2) is 9.78 Å². The van der Waals surface area contributed by atoms with Gasteiger partial charge in [-0.05, 0) is 37.8 Å². The Morgan fingerprint density at radius 1 is 1.39 bits per heavy atom. The van der Waals surface area contributed by atoms with Gasteiger partial charge in [-0.1, -0.05) is 6.42 Å². The molecule has 1 aliphatic heterocycles. The zero-order valence-corrected chi connectivity index (χ0v) is 13.7. The number of urea groups is 1. The predicted octanol–water partition coefficient (Wildman–Crippen LogP) is 2.31. The smallest absolute Gasteiger partial charge is 0.321 e. The molecule has 2 amide bonds. The van der Waals surface area contributed by atoms with Gasteiger partial charge < -0.3 is 20.2 Å². The molecule has 2 fully saturated rings. The van der Waals surface area contributed by atoms with Gasteiger partial charge in [0.15, 0.2) is 5.82 Å². The van der Waals surface area contributed by atoms with Crippen LogP contribution in [-0.4, -0.2) is 53.8 Å². The summed E-state index contributed by atoms with van der Waals surface area (Å²) in [4.78, 5) is 20.8. The molecule has 1 aromatic rings. The van der Waals surface area contributed by atoms with Gasteiger partial charge in [0.1, 0.15) is 0 Å². The molecule has 2 heterocycles. The number of hydrogen-bond donors (Lipinski definition) is 2. The number of hydrogen-bond acceptors (Lipinski definition) is 4. The highest BCUT2D eigenvalue weighted by Crippen LogP contribution is 2.28. The minimum atomic E-state index is -0.274. The number of pyridine rings is 1. The number of amides is 2. The second kappa shape index (κ2) is 7.17. The summed E-state index contributed by atoms with van der Waals surface area (Å²) in [6, 6.07) is 3.60. The van der Waals surface area contributed by atoms with Crippen molar-refractivity contribution in [2.45, 2.75) is 38.2 Å². The van der Waals surface area contributed by atoms with Crippen LogP contribution in [-0.2, 0) is 0 Å². The van der Waals surface area contributed by atoms with Crippen molar-refractivity contribution < 1.29 is 9.90 Å². The first kappa shape index (κ1) is 16.1. The lowest BCUT2D eigenvalue weighted by Gasteiger charge is -2.25. The minimum Gasteiger partial charge on any atom is -0.393 e. The van der Waals surface area contributed by atoms with E-state index in [2.05, 4.69) is 15.2 Å². The summed E-state index contributed by atoms with van der Waals surface area (Å²) in [5.74, 6) is 1.05. The fraction of sp³-hybridized carbons (Fsp3) is 0.647. The summed E-state index contributed by atoms with van der Waals surface area (Å²) >= 11 is 0. The minimum absolute atomic E-state index is 0.141. The maximum absolute atomic E-state index is 12.5. The number of nitrogens with one attached hydrogen (secondary N) is 1. The Kier molecular flexibility index (Phi) is 5.00. The van der Waals surface area contributed by atoms with Gasteiger partial charge in [0.25, 0.3) is 0 Å². The zero-order chi connectivity index (χ0) is 16.2. The van der Waals surface area contributed by atoms with Gasteiger partial charge in [-0.2, -0.15) is 0 Å². The largest absolute Gasteiger partial charge is 0.393 e. The van der Waals surface area contributed by atoms with Crippen molar-refractivity contribution in [3.05, 3.63) is 18.3 Å². The number of nitrogens with zero attached hydrogens (tertiary/aromatic N) is 3. The highest BCUT2D eigenvalue weighted by molar-refractivity contribution is 5.92. The van der Waals surface area contributed by atoms with Gasteiger partial charge in [0.2, 0.25) is 0 Å². The Balaban J connectivity index is 1.63. The van der Waals surface area contributed by atoms with Crippen LogP contribution < -0.4 is 10.2 Å². The molecule has 2 N–H and O–H groups in total. The fourth-order valence-corrected chi connectivity index (χ4v) is 3.55. The molecule has 1 aromatic heterocycles. The third-order valence-corrected chi connectivity index (χ3v) is 4.91. The van der Waals surface area contributed by atoms with Crippen molar-refractivity contribution in [2.75, 3.05) is 36.9 Å². The Hall–Kier alpha value is -1.82. The molecule has 3 rings (SSSR count). The molecule has 6 nitrogen and oxygen atoms in total. The van der Waals surface area contributed by atoms with Crippen LogP contribution in [0.5, 0.6) is 0 Å². The van der Waals surface area contributed by atoms with Crippen LogP contribution in [0.1, 0.15) is 32.1 Å². The SMILES string of the molecule is CN(CC1CCCC1O)C(=O)Nc1cccnc1N1CCCC1. The van der Waals surface area contributed by atoms with E-state index in [4.69, 9.17) is 0 Å². The predicted molar refractivity (Wildman–Crippen MR) is 90.7 cm³/mol. The van der Waals surface area contributed by atoms with E-state index in [1.165, 1.54) is 12.8 Å². The average molecular weight is 318 g/mol. The van der Waals surface area contributed by atoms with Gasteiger partial charge in [-0.3, -0.25) is 0 Å². The Labute approximate surface area is 137 Å². The molecule has 1 saturated heterocycles. The quantitative estimate of drug-likeness (QED) is 0.894. The van der Waals surface area contributed by atoms with Crippen LogP contribution >= 0.6 is 0 Å². The molecule has 0 aromatic carbocycles. The molecule has 0 radical (unpaired) electrons. The molecule has 1 aliphatic carbocycles. The van der Waals surface area contributed by atoms with E-state index in [1.807, 2.05) is 12.1 Å². The van der Waals surface area contributed by atoms with Crippen molar-refractivity contribution in [3.8, 4) is 0 Å². The summed E-state index contributed by atoms with van der Waals surface area (Å²) in [6.45, 7) is 2.57. The number of anilines is 2. The second-order valence-corrected chi connectivity index (χ2v) is 6.64. The first-order valence-corrected chi connectivity index (χ1v) is 8.55. The van der Waals surface area contributed by atoms with Crippen molar-refractivity contribution in [1.82, 2.24) is 9.88 Å². The van der Waals surface area contributed by atoms with Crippen molar-refractivity contribution in [2.24, 2.45) is 5.92 Å². The molecule has 126 valence electrons. The van der Waals surface area contributed by atoms with Crippen molar-refractivity contribution in [1.29, 1.82) is 0 Å². The molecule has 2 atom stereocenters. The topological polar surface area (TPSA) is 68.7 Å². The van der Waals surface area contributed by atoms with Crippen LogP contribution in [0.2, 0.25) is 0 Å². The normalized spacial score (nSPS) is 24.0. The number of rotatable bonds is 4. The van der Waals surface area contributed by atoms with Crippen LogP contribution in [0.3, 0.4) is 0 Å². The second-order valence-electron chi connectivity index (χ2n) is 6.64. The lowest BCUT2D eigenvalue weighted by molar-refractivity contribution is 0.116. The van der Waals surface area contributed by atoms with E-state index >= 15 is 0 Å². The molecular formula is C17H26N4O2. The first-order chi connectivity index (χ1) is 11.1. The summed E-state index contributed by atoms with van der Waals surface area (Å²) in [6.07, 6.45) is 6.72. The zero-order valence-electron chi connectivity index (χ0n) is 13.7. The number of carbonyl (C=O) groups is 1. The Bertz CT molecular complexity index is 545. The van der Waals surface area contributed by atoms with E-state index < -0.39 is 0 Å². The lowest BCUT2D eigenvalue weighted by Crippen LogP contribution is -2.37. The van der Waals surface area contributed by atoms with E-state index in [-0.39, 0.29) is 18.1 Å². The van der Waals surface area contributed by atoms with Crippen molar-refractivity contribution >= 4 is 17.5 Å². The molecule has 0 spiro atoms. The van der Waals surface area contributed by atoms with Crippen LogP contribution in [0, 0.1) is 5.92 Å². The van der Waals surface area contributed by atoms with Gasteiger partial charge in [-0.15, -0.1) is 0 Å². The molecule has 1 saturated carbocycles. The fourth-order valence-electron chi connectivity index (χ4n) is 3.55. The molecule has 2 aliphatic rings. The summed E-state index contributed by atoms with van der Waals surface area (Å²) in [7, 11) is 1.78. The van der Waals surface area contributed by atoms with Gasteiger partial charge in [0, 0.05) is 38.8 Å². The number of carbonyl (C=O) groups excluding carboxylic acids is 1. The maximum atomic E-state index is 12.5. The first-order valence-electron chi connectivity index (χ1n) is 8.55. The standard InChI is InChI=1S/C17H26N4O2/c1-20(12-13-6-4-8-15(13)22)17(23)19-14-7-5-9-18-16(14)21-10-2-3-11-21/h5,7,9,13,15,22H,2-4,6,8,10-12H2,1H3,(H,19,23). The van der Waals surface area contributed by atoms with Gasteiger partial charge >= 0.3 is 6.03 Å². The Morgan fingerprint density at radius 3 is 2.87 bits per heavy atom. The molecule has 6 heteroatoms. The third kappa shape index (κ3) is 3.75. The summed E-state index contributed by atoms with van der Waals surface area (Å²) in [5, 5.41) is 12.9. The molecule has 0 bridgehead atoms. The number of aliphatic hydroxyl groups is 1. The van der Waals surface area contributed by atoms with Crippen LogP contribution in [0.15, 0.2) is 18.3 Å². The highest BCUT2D eigenvalue weighted by Gasteiger charge is 2.28. The van der Waals surface area contributed by atoms with Crippen LogP contribution in [0.4, 0.5) is 16.3 Å².